The Morgan fingerprint density at radius 1 is 1.19 bits per heavy atom. The number of aromatic carboxylic acids is 1. The molecular formula is C15H12N4O2. The smallest absolute Gasteiger partial charge is 0.335 e. The van der Waals surface area contributed by atoms with E-state index in [0.29, 0.717) is 5.69 Å². The van der Waals surface area contributed by atoms with Gasteiger partial charge in [-0.25, -0.2) is 9.48 Å². The van der Waals surface area contributed by atoms with E-state index in [0.717, 1.165) is 16.8 Å². The van der Waals surface area contributed by atoms with Crippen molar-refractivity contribution in [3.8, 4) is 16.9 Å². The Kier molecular flexibility index (Phi) is 3.19. The molecule has 6 heteroatoms. The molecule has 0 aliphatic carbocycles. The number of carboxylic acid groups (broad SMARTS) is 1. The number of carboxylic acids is 1. The van der Waals surface area contributed by atoms with Gasteiger partial charge in [0.15, 0.2) is 0 Å². The van der Waals surface area contributed by atoms with Gasteiger partial charge in [-0.3, -0.25) is 4.98 Å². The van der Waals surface area contributed by atoms with Crippen molar-refractivity contribution in [3.05, 3.63) is 60.0 Å². The number of benzene rings is 1. The third-order valence-corrected chi connectivity index (χ3v) is 3.05. The number of aryl methyl sites for hydroxylation is 1. The normalized spacial score (nSPS) is 10.5. The van der Waals surface area contributed by atoms with E-state index in [1.165, 1.54) is 0 Å². The molecule has 1 aromatic carbocycles. The fourth-order valence-corrected chi connectivity index (χ4v) is 1.97. The molecule has 3 aromatic rings. The zero-order valence-electron chi connectivity index (χ0n) is 11.3. The van der Waals surface area contributed by atoms with E-state index >= 15 is 0 Å². The second kappa shape index (κ2) is 5.16. The van der Waals surface area contributed by atoms with Crippen LogP contribution in [0.5, 0.6) is 0 Å². The first-order valence-corrected chi connectivity index (χ1v) is 6.31. The zero-order valence-corrected chi connectivity index (χ0v) is 11.3. The lowest BCUT2D eigenvalue weighted by Crippen LogP contribution is -1.96. The number of carbonyl (C=O) groups is 1. The summed E-state index contributed by atoms with van der Waals surface area (Å²) < 4.78 is 1.64. The van der Waals surface area contributed by atoms with Crippen molar-refractivity contribution in [1.29, 1.82) is 0 Å². The number of pyridine rings is 1. The molecule has 0 saturated heterocycles. The van der Waals surface area contributed by atoms with Gasteiger partial charge in [-0.2, -0.15) is 0 Å². The van der Waals surface area contributed by atoms with E-state index in [2.05, 4.69) is 15.3 Å². The fraction of sp³-hybridized carbons (Fsp3) is 0.0667. The van der Waals surface area contributed by atoms with Crippen LogP contribution in [0, 0.1) is 6.92 Å². The zero-order chi connectivity index (χ0) is 14.8. The lowest BCUT2D eigenvalue weighted by molar-refractivity contribution is 0.0697. The molecule has 2 aromatic heterocycles. The molecule has 6 nitrogen and oxygen atoms in total. The topological polar surface area (TPSA) is 80.9 Å². The van der Waals surface area contributed by atoms with Gasteiger partial charge in [0.05, 0.1) is 23.6 Å². The third kappa shape index (κ3) is 2.64. The molecule has 0 saturated carbocycles. The van der Waals surface area contributed by atoms with Gasteiger partial charge in [0.2, 0.25) is 0 Å². The third-order valence-electron chi connectivity index (χ3n) is 3.05. The van der Waals surface area contributed by atoms with E-state index in [-0.39, 0.29) is 5.56 Å². The van der Waals surface area contributed by atoms with Crippen molar-refractivity contribution in [3.63, 3.8) is 0 Å². The Morgan fingerprint density at radius 2 is 1.95 bits per heavy atom. The summed E-state index contributed by atoms with van der Waals surface area (Å²) in [5.74, 6) is -0.948. The average molecular weight is 280 g/mol. The minimum atomic E-state index is -0.948. The van der Waals surface area contributed by atoms with E-state index in [1.807, 2.05) is 13.0 Å². The lowest BCUT2D eigenvalue weighted by atomic mass is 10.1. The molecule has 0 atom stereocenters. The molecule has 104 valence electrons. The van der Waals surface area contributed by atoms with E-state index in [4.69, 9.17) is 5.11 Å². The van der Waals surface area contributed by atoms with Crippen molar-refractivity contribution in [2.24, 2.45) is 0 Å². The Labute approximate surface area is 120 Å². The molecule has 0 bridgehead atoms. The highest BCUT2D eigenvalue weighted by molar-refractivity contribution is 5.88. The molecule has 0 aliphatic rings. The molecule has 0 radical (unpaired) electrons. The quantitative estimate of drug-likeness (QED) is 0.796. The predicted molar refractivity (Wildman–Crippen MR) is 76.3 cm³/mol. The molecule has 3 rings (SSSR count). The Bertz CT molecular complexity index is 793. The van der Waals surface area contributed by atoms with E-state index < -0.39 is 5.97 Å². The van der Waals surface area contributed by atoms with Gasteiger partial charge in [-0.15, -0.1) is 5.10 Å². The highest BCUT2D eigenvalue weighted by Gasteiger charge is 2.07. The highest BCUT2D eigenvalue weighted by atomic mass is 16.4. The van der Waals surface area contributed by atoms with Crippen LogP contribution < -0.4 is 0 Å². The summed E-state index contributed by atoms with van der Waals surface area (Å²) >= 11 is 0. The number of hydrogen-bond donors (Lipinski definition) is 1. The molecule has 21 heavy (non-hydrogen) atoms. The minimum absolute atomic E-state index is 0.244. The summed E-state index contributed by atoms with van der Waals surface area (Å²) in [6.45, 7) is 1.96. The summed E-state index contributed by atoms with van der Waals surface area (Å²) in [7, 11) is 0. The van der Waals surface area contributed by atoms with Crippen LogP contribution in [0.25, 0.3) is 16.9 Å². The average Bonchev–Trinajstić information content (AvgIpc) is 2.97. The minimum Gasteiger partial charge on any atom is -0.478 e. The van der Waals surface area contributed by atoms with Gasteiger partial charge < -0.3 is 5.11 Å². The van der Waals surface area contributed by atoms with Crippen molar-refractivity contribution >= 4 is 5.97 Å². The van der Waals surface area contributed by atoms with Crippen LogP contribution >= 0.6 is 0 Å². The number of aromatic nitrogens is 4. The SMILES string of the molecule is Cc1cncc(-n2cc(-c3ccc(C(=O)O)cc3)nn2)c1. The molecule has 0 fully saturated rings. The van der Waals surface area contributed by atoms with Crippen LogP contribution in [0.3, 0.4) is 0 Å². The van der Waals surface area contributed by atoms with E-state index in [1.54, 1.807) is 47.5 Å². The molecule has 1 N–H and O–H groups in total. The summed E-state index contributed by atoms with van der Waals surface area (Å²) in [4.78, 5) is 15.0. The Morgan fingerprint density at radius 3 is 2.62 bits per heavy atom. The van der Waals surface area contributed by atoms with Gasteiger partial charge in [0, 0.05) is 11.8 Å². The standard InChI is InChI=1S/C15H12N4O2/c1-10-6-13(8-16-7-10)19-9-14(17-18-19)11-2-4-12(5-3-11)15(20)21/h2-9H,1H3,(H,20,21). The summed E-state index contributed by atoms with van der Waals surface area (Å²) in [6.07, 6.45) is 5.26. The maximum absolute atomic E-state index is 10.8. The number of rotatable bonds is 3. The first-order valence-electron chi connectivity index (χ1n) is 6.31. The molecular weight excluding hydrogens is 268 g/mol. The lowest BCUT2D eigenvalue weighted by Gasteiger charge is -2.00. The molecule has 0 spiro atoms. The summed E-state index contributed by atoms with van der Waals surface area (Å²) in [6, 6.07) is 8.48. The second-order valence-electron chi connectivity index (χ2n) is 4.65. The Hall–Kier alpha value is -3.02. The fourth-order valence-electron chi connectivity index (χ4n) is 1.97. The summed E-state index contributed by atoms with van der Waals surface area (Å²) in [5.41, 5.74) is 3.60. The van der Waals surface area contributed by atoms with Crippen LogP contribution in [-0.4, -0.2) is 31.1 Å². The molecule has 0 aliphatic heterocycles. The maximum Gasteiger partial charge on any atom is 0.335 e. The van der Waals surface area contributed by atoms with Crippen molar-refractivity contribution in [2.75, 3.05) is 0 Å². The summed E-state index contributed by atoms with van der Waals surface area (Å²) in [5, 5.41) is 17.1. The van der Waals surface area contributed by atoms with Crippen LogP contribution in [0.2, 0.25) is 0 Å². The highest BCUT2D eigenvalue weighted by Crippen LogP contribution is 2.18. The van der Waals surface area contributed by atoms with Crippen molar-refractivity contribution in [1.82, 2.24) is 20.0 Å². The van der Waals surface area contributed by atoms with Gasteiger partial charge in [0.1, 0.15) is 5.69 Å². The van der Waals surface area contributed by atoms with Crippen molar-refractivity contribution < 1.29 is 9.90 Å². The van der Waals surface area contributed by atoms with Crippen LogP contribution in [-0.2, 0) is 0 Å². The molecule has 2 heterocycles. The Balaban J connectivity index is 1.93. The first kappa shape index (κ1) is 13.0. The van der Waals surface area contributed by atoms with E-state index in [9.17, 15) is 4.79 Å². The first-order chi connectivity index (χ1) is 10.1. The van der Waals surface area contributed by atoms with Crippen LogP contribution in [0.1, 0.15) is 15.9 Å². The second-order valence-corrected chi connectivity index (χ2v) is 4.65. The maximum atomic E-state index is 10.8. The number of hydrogen-bond acceptors (Lipinski definition) is 4. The van der Waals surface area contributed by atoms with Gasteiger partial charge in [-0.1, -0.05) is 17.3 Å². The predicted octanol–water partition coefficient (Wildman–Crippen LogP) is 2.34. The van der Waals surface area contributed by atoms with Gasteiger partial charge in [-0.05, 0) is 30.7 Å². The molecule has 0 unspecified atom stereocenters. The largest absolute Gasteiger partial charge is 0.478 e. The van der Waals surface area contributed by atoms with Crippen LogP contribution in [0.15, 0.2) is 48.9 Å². The monoisotopic (exact) mass is 280 g/mol. The molecule has 0 amide bonds. The number of nitrogens with zero attached hydrogens (tertiary/aromatic N) is 4. The van der Waals surface area contributed by atoms with Crippen molar-refractivity contribution in [2.45, 2.75) is 6.92 Å². The van der Waals surface area contributed by atoms with Gasteiger partial charge in [0.25, 0.3) is 0 Å². The van der Waals surface area contributed by atoms with Gasteiger partial charge >= 0.3 is 5.97 Å². The van der Waals surface area contributed by atoms with Crippen LogP contribution in [0.4, 0.5) is 0 Å².